The number of rotatable bonds is 3. The first-order chi connectivity index (χ1) is 7.00. The molecule has 4 nitrogen and oxygen atoms in total. The van der Waals surface area contributed by atoms with Crippen molar-refractivity contribution in [2.24, 2.45) is 0 Å². The molecule has 0 spiro atoms. The highest BCUT2D eigenvalue weighted by Gasteiger charge is 2.15. The summed E-state index contributed by atoms with van der Waals surface area (Å²) in [6.45, 7) is 1.33. The van der Waals surface area contributed by atoms with Gasteiger partial charge in [0.1, 0.15) is 11.9 Å². The predicted molar refractivity (Wildman–Crippen MR) is 51.0 cm³/mol. The van der Waals surface area contributed by atoms with E-state index >= 15 is 0 Å². The van der Waals surface area contributed by atoms with E-state index in [1.54, 1.807) is 0 Å². The standard InChI is InChI=1S/C10H10FNO3/c1-6(10(14)15)12-9(13)7-3-2-4-8(11)5-7/h2-6H,1H3,(H,12,13)(H,14,15)/t6-/m1/s1. The van der Waals surface area contributed by atoms with Gasteiger partial charge in [0.25, 0.3) is 5.91 Å². The van der Waals surface area contributed by atoms with Gasteiger partial charge in [-0.15, -0.1) is 0 Å². The molecule has 1 atom stereocenters. The molecule has 1 amide bonds. The Labute approximate surface area is 85.7 Å². The van der Waals surface area contributed by atoms with Crippen molar-refractivity contribution in [3.8, 4) is 0 Å². The Bertz CT molecular complexity index is 392. The van der Waals surface area contributed by atoms with Gasteiger partial charge >= 0.3 is 5.97 Å². The highest BCUT2D eigenvalue weighted by atomic mass is 19.1. The summed E-state index contributed by atoms with van der Waals surface area (Å²) in [4.78, 5) is 21.8. The van der Waals surface area contributed by atoms with Crippen LogP contribution in [0, 0.1) is 5.82 Å². The van der Waals surface area contributed by atoms with Crippen LogP contribution in [0.3, 0.4) is 0 Å². The maximum absolute atomic E-state index is 12.7. The lowest BCUT2D eigenvalue weighted by molar-refractivity contribution is -0.138. The fourth-order valence-electron chi connectivity index (χ4n) is 0.971. The zero-order valence-electron chi connectivity index (χ0n) is 8.03. The molecule has 0 aliphatic heterocycles. The molecule has 0 aliphatic carbocycles. The number of aliphatic carboxylic acids is 1. The molecule has 0 radical (unpaired) electrons. The van der Waals surface area contributed by atoms with Gasteiger partial charge in [0, 0.05) is 5.56 Å². The summed E-state index contributed by atoms with van der Waals surface area (Å²) in [5.41, 5.74) is 0.100. The van der Waals surface area contributed by atoms with E-state index in [2.05, 4.69) is 5.32 Å². The van der Waals surface area contributed by atoms with Gasteiger partial charge in [-0.25, -0.2) is 4.39 Å². The minimum Gasteiger partial charge on any atom is -0.480 e. The maximum atomic E-state index is 12.7. The lowest BCUT2D eigenvalue weighted by Crippen LogP contribution is -2.38. The third-order valence-corrected chi connectivity index (χ3v) is 1.80. The first-order valence-electron chi connectivity index (χ1n) is 4.30. The van der Waals surface area contributed by atoms with E-state index in [1.165, 1.54) is 25.1 Å². The van der Waals surface area contributed by atoms with E-state index < -0.39 is 23.7 Å². The highest BCUT2D eigenvalue weighted by Crippen LogP contribution is 2.03. The third kappa shape index (κ3) is 3.05. The number of amides is 1. The lowest BCUT2D eigenvalue weighted by atomic mass is 10.2. The van der Waals surface area contributed by atoms with Crippen LogP contribution in [0.5, 0.6) is 0 Å². The number of nitrogens with one attached hydrogen (secondary N) is 1. The zero-order valence-corrected chi connectivity index (χ0v) is 8.03. The molecule has 5 heteroatoms. The molecular weight excluding hydrogens is 201 g/mol. The normalized spacial score (nSPS) is 11.9. The molecular formula is C10H10FNO3. The number of hydrogen-bond acceptors (Lipinski definition) is 2. The fourth-order valence-corrected chi connectivity index (χ4v) is 0.971. The highest BCUT2D eigenvalue weighted by molar-refractivity contribution is 5.96. The molecule has 0 saturated carbocycles. The van der Waals surface area contributed by atoms with Gasteiger partial charge in [-0.1, -0.05) is 6.07 Å². The van der Waals surface area contributed by atoms with Crippen molar-refractivity contribution in [1.82, 2.24) is 5.32 Å². The van der Waals surface area contributed by atoms with Gasteiger partial charge in [-0.2, -0.15) is 0 Å². The first-order valence-corrected chi connectivity index (χ1v) is 4.30. The summed E-state index contributed by atoms with van der Waals surface area (Å²) in [6.07, 6.45) is 0. The van der Waals surface area contributed by atoms with Gasteiger partial charge in [0.2, 0.25) is 0 Å². The Kier molecular flexibility index (Phi) is 3.38. The van der Waals surface area contributed by atoms with Gasteiger partial charge < -0.3 is 10.4 Å². The van der Waals surface area contributed by atoms with Crippen molar-refractivity contribution in [1.29, 1.82) is 0 Å². The van der Waals surface area contributed by atoms with Crippen LogP contribution >= 0.6 is 0 Å². The third-order valence-electron chi connectivity index (χ3n) is 1.80. The van der Waals surface area contributed by atoms with Gasteiger partial charge in [-0.3, -0.25) is 9.59 Å². The second kappa shape index (κ2) is 4.54. The molecule has 1 rings (SSSR count). The van der Waals surface area contributed by atoms with Crippen molar-refractivity contribution in [3.63, 3.8) is 0 Å². The summed E-state index contributed by atoms with van der Waals surface area (Å²) in [5.74, 6) is -2.28. The van der Waals surface area contributed by atoms with Gasteiger partial charge in [-0.05, 0) is 25.1 Å². The number of carboxylic acids is 1. The number of carboxylic acid groups (broad SMARTS) is 1. The average Bonchev–Trinajstić information content (AvgIpc) is 2.17. The van der Waals surface area contributed by atoms with Crippen molar-refractivity contribution < 1.29 is 19.1 Å². The van der Waals surface area contributed by atoms with Crippen LogP contribution in [0.25, 0.3) is 0 Å². The molecule has 0 saturated heterocycles. The van der Waals surface area contributed by atoms with Crippen LogP contribution < -0.4 is 5.32 Å². The Morgan fingerprint density at radius 2 is 2.13 bits per heavy atom. The molecule has 0 aromatic heterocycles. The predicted octanol–water partition coefficient (Wildman–Crippen LogP) is 1.03. The molecule has 1 aromatic rings. The molecule has 0 fully saturated rings. The van der Waals surface area contributed by atoms with E-state index in [9.17, 15) is 14.0 Å². The Morgan fingerprint density at radius 3 is 2.67 bits per heavy atom. The largest absolute Gasteiger partial charge is 0.480 e. The smallest absolute Gasteiger partial charge is 0.325 e. The van der Waals surface area contributed by atoms with Crippen LogP contribution in [0.1, 0.15) is 17.3 Å². The number of benzene rings is 1. The summed E-state index contributed by atoms with van der Waals surface area (Å²) >= 11 is 0. The Balaban J connectivity index is 2.73. The van der Waals surface area contributed by atoms with E-state index in [1.807, 2.05) is 0 Å². The number of carbonyl (C=O) groups is 2. The SMILES string of the molecule is C[C@@H](NC(=O)c1cccc(F)c1)C(=O)O. The maximum Gasteiger partial charge on any atom is 0.325 e. The number of carbonyl (C=O) groups excluding carboxylic acids is 1. The second-order valence-corrected chi connectivity index (χ2v) is 3.04. The molecule has 80 valence electrons. The number of halogens is 1. The molecule has 0 unspecified atom stereocenters. The molecule has 1 aromatic carbocycles. The monoisotopic (exact) mass is 211 g/mol. The molecule has 2 N–H and O–H groups in total. The topological polar surface area (TPSA) is 66.4 Å². The minimum absolute atomic E-state index is 0.100. The molecule has 15 heavy (non-hydrogen) atoms. The van der Waals surface area contributed by atoms with Gasteiger partial charge in [0.05, 0.1) is 0 Å². The second-order valence-electron chi connectivity index (χ2n) is 3.04. The molecule has 0 bridgehead atoms. The Morgan fingerprint density at radius 1 is 1.47 bits per heavy atom. The van der Waals surface area contributed by atoms with Crippen LogP contribution in [-0.2, 0) is 4.79 Å². The lowest BCUT2D eigenvalue weighted by Gasteiger charge is -2.08. The van der Waals surface area contributed by atoms with Crippen molar-refractivity contribution in [2.75, 3.05) is 0 Å². The van der Waals surface area contributed by atoms with Gasteiger partial charge in [0.15, 0.2) is 0 Å². The van der Waals surface area contributed by atoms with Crippen LogP contribution in [-0.4, -0.2) is 23.0 Å². The van der Waals surface area contributed by atoms with E-state index in [4.69, 9.17) is 5.11 Å². The van der Waals surface area contributed by atoms with E-state index in [0.29, 0.717) is 0 Å². The molecule has 0 aliphatic rings. The van der Waals surface area contributed by atoms with E-state index in [0.717, 1.165) is 6.07 Å². The summed E-state index contributed by atoms with van der Waals surface area (Å²) in [6, 6.07) is 4.05. The number of hydrogen-bond donors (Lipinski definition) is 2. The minimum atomic E-state index is -1.14. The van der Waals surface area contributed by atoms with E-state index in [-0.39, 0.29) is 5.56 Å². The summed E-state index contributed by atoms with van der Waals surface area (Å²) < 4.78 is 12.7. The zero-order chi connectivity index (χ0) is 11.4. The fraction of sp³-hybridized carbons (Fsp3) is 0.200. The van der Waals surface area contributed by atoms with Crippen LogP contribution in [0.15, 0.2) is 24.3 Å². The average molecular weight is 211 g/mol. The summed E-state index contributed by atoms with van der Waals surface area (Å²) in [5, 5.41) is 10.8. The van der Waals surface area contributed by atoms with Crippen molar-refractivity contribution in [3.05, 3.63) is 35.6 Å². The van der Waals surface area contributed by atoms with Crippen LogP contribution in [0.2, 0.25) is 0 Å². The van der Waals surface area contributed by atoms with Crippen molar-refractivity contribution in [2.45, 2.75) is 13.0 Å². The van der Waals surface area contributed by atoms with Crippen LogP contribution in [0.4, 0.5) is 4.39 Å². The summed E-state index contributed by atoms with van der Waals surface area (Å²) in [7, 11) is 0. The Hall–Kier alpha value is -1.91. The van der Waals surface area contributed by atoms with Crippen molar-refractivity contribution >= 4 is 11.9 Å². The molecule has 0 heterocycles. The quantitative estimate of drug-likeness (QED) is 0.784. The first kappa shape index (κ1) is 11.2.